The van der Waals surface area contributed by atoms with E-state index in [2.05, 4.69) is 20.1 Å². The van der Waals surface area contributed by atoms with E-state index in [1.54, 1.807) is 17.8 Å². The molecule has 0 fully saturated rings. The Labute approximate surface area is 49.3 Å². The van der Waals surface area contributed by atoms with Crippen molar-refractivity contribution in [1.82, 2.24) is 0 Å². The molecule has 0 rings (SSSR count). The second-order valence-corrected chi connectivity index (χ2v) is 2.49. The Morgan fingerprint density at radius 1 is 1.86 bits per heavy atom. The fourth-order valence-electron chi connectivity index (χ4n) is 0.244. The fourth-order valence-corrected chi connectivity index (χ4v) is 0.733. The molecule has 0 unspecified atom stereocenters. The summed E-state index contributed by atoms with van der Waals surface area (Å²) < 4.78 is 0. The van der Waals surface area contributed by atoms with Crippen molar-refractivity contribution in [2.24, 2.45) is 0 Å². The van der Waals surface area contributed by atoms with E-state index in [4.69, 9.17) is 0 Å². The molecular formula is C6H10S. The van der Waals surface area contributed by atoms with Crippen LogP contribution in [0, 0.1) is 0 Å². The van der Waals surface area contributed by atoms with Gasteiger partial charge in [0.1, 0.15) is 0 Å². The van der Waals surface area contributed by atoms with Crippen molar-refractivity contribution >= 4 is 11.8 Å². The summed E-state index contributed by atoms with van der Waals surface area (Å²) in [4.78, 5) is 1.06. The number of hydrogen-bond acceptors (Lipinski definition) is 1. The molecule has 0 aromatic rings. The molecule has 1 heteroatoms. The van der Waals surface area contributed by atoms with Crippen molar-refractivity contribution in [3.63, 3.8) is 0 Å². The van der Waals surface area contributed by atoms with Crippen LogP contribution in [0.15, 0.2) is 24.1 Å². The van der Waals surface area contributed by atoms with Gasteiger partial charge in [0, 0.05) is 0 Å². The first-order valence-corrected chi connectivity index (χ1v) is 3.24. The lowest BCUT2D eigenvalue weighted by molar-refractivity contribution is 1.53. The Morgan fingerprint density at radius 3 is 2.57 bits per heavy atom. The first-order valence-electron chi connectivity index (χ1n) is 2.25. The van der Waals surface area contributed by atoms with Crippen molar-refractivity contribution in [2.45, 2.75) is 6.92 Å². The minimum absolute atomic E-state index is 1.06. The maximum atomic E-state index is 3.71. The van der Waals surface area contributed by atoms with Gasteiger partial charge in [-0.15, -0.1) is 11.8 Å². The zero-order valence-electron chi connectivity index (χ0n) is 4.61. The molecule has 0 N–H and O–H groups in total. The van der Waals surface area contributed by atoms with Crippen LogP contribution in [-0.2, 0) is 0 Å². The molecule has 0 atom stereocenters. The number of hydrogen-bond donors (Lipinski definition) is 0. The summed E-state index contributed by atoms with van der Waals surface area (Å²) in [6.45, 7) is 9.36. The van der Waals surface area contributed by atoms with Crippen molar-refractivity contribution < 1.29 is 0 Å². The monoisotopic (exact) mass is 114 g/mol. The molecule has 0 aliphatic rings. The van der Waals surface area contributed by atoms with Crippen LogP contribution in [0.1, 0.15) is 6.92 Å². The number of rotatable bonds is 3. The first-order chi connectivity index (χ1) is 3.31. The van der Waals surface area contributed by atoms with Crippen LogP contribution in [-0.4, -0.2) is 5.75 Å². The Balaban J connectivity index is 3.17. The van der Waals surface area contributed by atoms with Crippen LogP contribution in [0.4, 0.5) is 0 Å². The van der Waals surface area contributed by atoms with E-state index in [0.29, 0.717) is 0 Å². The van der Waals surface area contributed by atoms with Crippen LogP contribution in [0.5, 0.6) is 0 Å². The highest BCUT2D eigenvalue weighted by Gasteiger charge is 1.79. The second kappa shape index (κ2) is 4.00. The highest BCUT2D eigenvalue weighted by Crippen LogP contribution is 2.11. The van der Waals surface area contributed by atoms with Gasteiger partial charge in [0.15, 0.2) is 0 Å². The van der Waals surface area contributed by atoms with Crippen molar-refractivity contribution in [2.75, 3.05) is 5.75 Å². The molecule has 0 amide bonds. The average molecular weight is 114 g/mol. The second-order valence-electron chi connectivity index (χ2n) is 1.10. The lowest BCUT2D eigenvalue weighted by atomic mass is 10.6. The smallest absolute Gasteiger partial charge is 0.000602 e. The summed E-state index contributed by atoms with van der Waals surface area (Å²) in [7, 11) is 0. The molecular weight excluding hydrogens is 104 g/mol. The van der Waals surface area contributed by atoms with Crippen LogP contribution in [0.2, 0.25) is 0 Å². The van der Waals surface area contributed by atoms with Gasteiger partial charge in [-0.05, 0) is 10.7 Å². The molecule has 7 heavy (non-hydrogen) atoms. The summed E-state index contributed by atoms with van der Waals surface area (Å²) in [5, 5.41) is 0. The van der Waals surface area contributed by atoms with Crippen LogP contribution >= 0.6 is 11.8 Å². The standard InChI is InChI=1S/C6H10S/c1-4-6(3)7-5-2/h4H,1,3,5H2,2H3. The van der Waals surface area contributed by atoms with Gasteiger partial charge in [-0.3, -0.25) is 0 Å². The first kappa shape index (κ1) is 6.83. The summed E-state index contributed by atoms with van der Waals surface area (Å²) in [5.74, 6) is 1.09. The molecule has 0 radical (unpaired) electrons. The van der Waals surface area contributed by atoms with Gasteiger partial charge in [-0.1, -0.05) is 26.2 Å². The minimum Gasteiger partial charge on any atom is -0.127 e. The third-order valence-electron chi connectivity index (χ3n) is 0.557. The molecule has 0 aliphatic carbocycles. The van der Waals surface area contributed by atoms with Gasteiger partial charge < -0.3 is 0 Å². The maximum Gasteiger partial charge on any atom is -0.000602 e. The van der Waals surface area contributed by atoms with E-state index in [-0.39, 0.29) is 0 Å². The predicted octanol–water partition coefficient (Wildman–Crippen LogP) is 2.44. The molecule has 0 aromatic carbocycles. The minimum atomic E-state index is 1.06. The largest absolute Gasteiger partial charge is 0.127 e. The molecule has 0 nitrogen and oxygen atoms in total. The molecule has 0 saturated carbocycles. The van der Waals surface area contributed by atoms with Gasteiger partial charge in [0.2, 0.25) is 0 Å². The summed E-state index contributed by atoms with van der Waals surface area (Å²) in [5.41, 5.74) is 0. The maximum absolute atomic E-state index is 3.71. The molecule has 40 valence electrons. The van der Waals surface area contributed by atoms with E-state index in [1.807, 2.05) is 0 Å². The van der Waals surface area contributed by atoms with Crippen LogP contribution < -0.4 is 0 Å². The molecule has 0 bridgehead atoms. The number of thioether (sulfide) groups is 1. The molecule has 0 heterocycles. The Kier molecular flexibility index (Phi) is 3.90. The van der Waals surface area contributed by atoms with Gasteiger partial charge in [0.05, 0.1) is 0 Å². The lowest BCUT2D eigenvalue weighted by Crippen LogP contribution is -1.64. The summed E-state index contributed by atoms with van der Waals surface area (Å²) >= 11 is 1.72. The Hall–Kier alpha value is -0.170. The predicted molar refractivity (Wildman–Crippen MR) is 37.5 cm³/mol. The molecule has 0 saturated heterocycles. The van der Waals surface area contributed by atoms with Gasteiger partial charge in [-0.25, -0.2) is 0 Å². The average Bonchev–Trinajstić information content (AvgIpc) is 1.68. The highest BCUT2D eigenvalue weighted by molar-refractivity contribution is 8.03. The Morgan fingerprint density at radius 2 is 2.43 bits per heavy atom. The van der Waals surface area contributed by atoms with Crippen LogP contribution in [0.3, 0.4) is 0 Å². The van der Waals surface area contributed by atoms with E-state index >= 15 is 0 Å². The zero-order chi connectivity index (χ0) is 5.70. The third kappa shape index (κ3) is 3.67. The SMILES string of the molecule is C=CC(=C)SCC. The van der Waals surface area contributed by atoms with E-state index in [9.17, 15) is 0 Å². The van der Waals surface area contributed by atoms with E-state index < -0.39 is 0 Å². The van der Waals surface area contributed by atoms with Gasteiger partial charge >= 0.3 is 0 Å². The highest BCUT2D eigenvalue weighted by atomic mass is 32.2. The zero-order valence-corrected chi connectivity index (χ0v) is 5.42. The fraction of sp³-hybridized carbons (Fsp3) is 0.333. The van der Waals surface area contributed by atoms with E-state index in [1.165, 1.54) is 0 Å². The van der Waals surface area contributed by atoms with Crippen molar-refractivity contribution in [3.05, 3.63) is 24.1 Å². The topological polar surface area (TPSA) is 0 Å². The lowest BCUT2D eigenvalue weighted by Gasteiger charge is -1.89. The third-order valence-corrected chi connectivity index (χ3v) is 1.38. The normalized spacial score (nSPS) is 8.14. The molecule has 0 aliphatic heterocycles. The van der Waals surface area contributed by atoms with Crippen molar-refractivity contribution in [1.29, 1.82) is 0 Å². The summed E-state index contributed by atoms with van der Waals surface area (Å²) in [6.07, 6.45) is 1.77. The molecule has 0 spiro atoms. The van der Waals surface area contributed by atoms with Gasteiger partial charge in [0.25, 0.3) is 0 Å². The van der Waals surface area contributed by atoms with E-state index in [0.717, 1.165) is 10.7 Å². The van der Waals surface area contributed by atoms with Crippen molar-refractivity contribution in [3.8, 4) is 0 Å². The van der Waals surface area contributed by atoms with Crippen LogP contribution in [0.25, 0.3) is 0 Å². The number of allylic oxidation sites excluding steroid dienone is 1. The summed E-state index contributed by atoms with van der Waals surface area (Å²) in [6, 6.07) is 0. The quantitative estimate of drug-likeness (QED) is 0.508. The Bertz CT molecular complexity index is 74.2. The molecule has 0 aromatic heterocycles. The van der Waals surface area contributed by atoms with Gasteiger partial charge in [-0.2, -0.15) is 0 Å².